The molecule has 0 radical (unpaired) electrons. The van der Waals surface area contributed by atoms with E-state index in [9.17, 15) is 14.4 Å². The lowest BCUT2D eigenvalue weighted by atomic mass is 10.1. The van der Waals surface area contributed by atoms with Gasteiger partial charge in [0.15, 0.2) is 5.75 Å². The van der Waals surface area contributed by atoms with E-state index in [1.165, 1.54) is 13.2 Å². The molecule has 0 unspecified atom stereocenters. The van der Waals surface area contributed by atoms with E-state index in [0.717, 1.165) is 6.07 Å². The summed E-state index contributed by atoms with van der Waals surface area (Å²) in [6.45, 7) is 0. The third-order valence-electron chi connectivity index (χ3n) is 3.23. The summed E-state index contributed by atoms with van der Waals surface area (Å²) in [4.78, 5) is 18.4. The maximum absolute atomic E-state index is 14.2. The fourth-order valence-electron chi connectivity index (χ4n) is 2.25. The Labute approximate surface area is 138 Å². The van der Waals surface area contributed by atoms with E-state index in [2.05, 4.69) is 15.3 Å². The van der Waals surface area contributed by atoms with Crippen molar-refractivity contribution in [2.75, 3.05) is 7.05 Å². The number of hydrogen-bond donors (Lipinski definition) is 2. The van der Waals surface area contributed by atoms with Gasteiger partial charge in [0.2, 0.25) is 0 Å². The van der Waals surface area contributed by atoms with Crippen molar-refractivity contribution in [1.29, 1.82) is 5.26 Å². The minimum atomic E-state index is -0.851. The van der Waals surface area contributed by atoms with Crippen molar-refractivity contribution < 1.29 is 13.9 Å². The number of rotatable bonds is 1. The third-order valence-corrected chi connectivity index (χ3v) is 4.00. The van der Waals surface area contributed by atoms with Crippen molar-refractivity contribution in [2.45, 2.75) is 0 Å². The standard InChI is InChI=1S/C14H7Cl2FN4O2/c1-19-14(22)23-8-2-7(17)5(3-18)9-10-11(16)6(15)4-20-13(10)21-12(8)9/h2,4H,1H3,(H,19,22)(H,20,21). The lowest BCUT2D eigenvalue weighted by Gasteiger charge is -2.06. The molecule has 0 aliphatic heterocycles. The van der Waals surface area contributed by atoms with Crippen LogP contribution in [0.5, 0.6) is 5.75 Å². The fourth-order valence-corrected chi connectivity index (χ4v) is 2.63. The van der Waals surface area contributed by atoms with Crippen LogP contribution in [-0.4, -0.2) is 23.1 Å². The lowest BCUT2D eigenvalue weighted by molar-refractivity contribution is 0.203. The van der Waals surface area contributed by atoms with Gasteiger partial charge in [-0.3, -0.25) is 0 Å². The van der Waals surface area contributed by atoms with Crippen LogP contribution >= 0.6 is 23.2 Å². The molecule has 0 saturated heterocycles. The first-order chi connectivity index (χ1) is 11.0. The third kappa shape index (κ3) is 2.32. The molecule has 0 bridgehead atoms. The van der Waals surface area contributed by atoms with Crippen LogP contribution in [0, 0.1) is 17.1 Å². The summed E-state index contributed by atoms with van der Waals surface area (Å²) in [6, 6.07) is 2.72. The Morgan fingerprint density at radius 1 is 1.48 bits per heavy atom. The highest BCUT2D eigenvalue weighted by Crippen LogP contribution is 2.40. The fraction of sp³-hybridized carbons (Fsp3) is 0.0714. The SMILES string of the molecule is CNC(=O)Oc1cc(F)c(C#N)c2c1[nH]c1ncc(Cl)c(Cl)c12. The van der Waals surface area contributed by atoms with Gasteiger partial charge in [-0.2, -0.15) is 5.26 Å². The molecule has 0 spiro atoms. The highest BCUT2D eigenvalue weighted by atomic mass is 35.5. The molecule has 0 aliphatic carbocycles. The van der Waals surface area contributed by atoms with E-state index in [0.29, 0.717) is 5.65 Å². The van der Waals surface area contributed by atoms with E-state index >= 15 is 0 Å². The van der Waals surface area contributed by atoms with Crippen LogP contribution in [0.25, 0.3) is 21.9 Å². The smallest absolute Gasteiger partial charge is 0.408 e. The number of nitrogens with one attached hydrogen (secondary N) is 2. The van der Waals surface area contributed by atoms with Gasteiger partial charge in [-0.05, 0) is 0 Å². The summed E-state index contributed by atoms with van der Waals surface area (Å²) >= 11 is 12.1. The summed E-state index contributed by atoms with van der Waals surface area (Å²) in [5, 5.41) is 12.2. The molecule has 0 atom stereocenters. The number of hydrogen-bond acceptors (Lipinski definition) is 4. The van der Waals surface area contributed by atoms with Crippen LogP contribution in [0.2, 0.25) is 10.0 Å². The van der Waals surface area contributed by atoms with Crippen LogP contribution in [-0.2, 0) is 0 Å². The number of amides is 1. The first kappa shape index (κ1) is 15.3. The van der Waals surface area contributed by atoms with Crippen molar-refractivity contribution in [3.63, 3.8) is 0 Å². The molecule has 2 heterocycles. The summed E-state index contributed by atoms with van der Waals surface area (Å²) in [7, 11) is 1.36. The van der Waals surface area contributed by atoms with Gasteiger partial charge in [0, 0.05) is 30.1 Å². The van der Waals surface area contributed by atoms with Crippen molar-refractivity contribution >= 4 is 51.2 Å². The lowest BCUT2D eigenvalue weighted by Crippen LogP contribution is -2.22. The zero-order chi connectivity index (χ0) is 16.7. The molecule has 23 heavy (non-hydrogen) atoms. The maximum atomic E-state index is 14.2. The number of nitriles is 1. The number of fused-ring (bicyclic) bond motifs is 3. The molecule has 3 aromatic rings. The quantitative estimate of drug-likeness (QED) is 0.697. The number of carbonyl (C=O) groups is 1. The summed E-state index contributed by atoms with van der Waals surface area (Å²) in [5.41, 5.74) is 0.262. The average molecular weight is 353 g/mol. The minimum absolute atomic E-state index is 0.0963. The number of halogens is 3. The molecule has 0 saturated carbocycles. The Hall–Kier alpha value is -2.56. The molecule has 9 heteroatoms. The monoisotopic (exact) mass is 352 g/mol. The van der Waals surface area contributed by atoms with Crippen LogP contribution in [0.15, 0.2) is 12.3 Å². The van der Waals surface area contributed by atoms with Crippen molar-refractivity contribution in [3.05, 3.63) is 33.7 Å². The molecule has 0 aliphatic rings. The van der Waals surface area contributed by atoms with E-state index in [-0.39, 0.29) is 37.6 Å². The van der Waals surface area contributed by atoms with Gasteiger partial charge in [0.05, 0.1) is 21.1 Å². The topological polar surface area (TPSA) is 90.8 Å². The Kier molecular flexibility index (Phi) is 3.72. The van der Waals surface area contributed by atoms with Crippen LogP contribution in [0.4, 0.5) is 9.18 Å². The Bertz CT molecular complexity index is 1010. The van der Waals surface area contributed by atoms with E-state index in [1.807, 2.05) is 0 Å². The first-order valence-electron chi connectivity index (χ1n) is 6.25. The van der Waals surface area contributed by atoms with Gasteiger partial charge in [-0.1, -0.05) is 23.2 Å². The molecule has 2 N–H and O–H groups in total. The summed E-state index contributed by atoms with van der Waals surface area (Å²) in [6.07, 6.45) is 0.537. The predicted octanol–water partition coefficient (Wildman–Crippen LogP) is 3.75. The molecule has 6 nitrogen and oxygen atoms in total. The van der Waals surface area contributed by atoms with Gasteiger partial charge in [0.25, 0.3) is 0 Å². The Balaban J connectivity index is 2.49. The van der Waals surface area contributed by atoms with Gasteiger partial charge in [-0.15, -0.1) is 0 Å². The summed E-state index contributed by atoms with van der Waals surface area (Å²) < 4.78 is 19.3. The molecular weight excluding hydrogens is 346 g/mol. The molecular formula is C14H7Cl2FN4O2. The number of aromatic amines is 1. The second-order valence-corrected chi connectivity index (χ2v) is 5.29. The number of ether oxygens (including phenoxy) is 1. The highest BCUT2D eigenvalue weighted by Gasteiger charge is 2.22. The number of aromatic nitrogens is 2. The second-order valence-electron chi connectivity index (χ2n) is 4.50. The first-order valence-corrected chi connectivity index (χ1v) is 7.01. The number of nitrogens with zero attached hydrogens (tertiary/aromatic N) is 2. The zero-order valence-electron chi connectivity index (χ0n) is 11.5. The van der Waals surface area contributed by atoms with E-state index in [4.69, 9.17) is 27.9 Å². The largest absolute Gasteiger partial charge is 0.412 e. The molecule has 1 aromatic carbocycles. The van der Waals surface area contributed by atoms with Gasteiger partial charge >= 0.3 is 6.09 Å². The normalized spacial score (nSPS) is 10.7. The molecule has 1 amide bonds. The number of carbonyl (C=O) groups excluding carboxylic acids is 1. The molecule has 116 valence electrons. The zero-order valence-corrected chi connectivity index (χ0v) is 13.0. The van der Waals surface area contributed by atoms with E-state index in [1.54, 1.807) is 6.07 Å². The van der Waals surface area contributed by atoms with Gasteiger partial charge < -0.3 is 15.0 Å². The maximum Gasteiger partial charge on any atom is 0.412 e. The number of pyridine rings is 1. The molecule has 0 fully saturated rings. The summed E-state index contributed by atoms with van der Waals surface area (Å²) in [5.74, 6) is -0.947. The van der Waals surface area contributed by atoms with Gasteiger partial charge in [-0.25, -0.2) is 14.2 Å². The number of benzene rings is 1. The average Bonchev–Trinajstić information content (AvgIpc) is 2.91. The number of H-pyrrole nitrogens is 1. The predicted molar refractivity (Wildman–Crippen MR) is 83.4 cm³/mol. The van der Waals surface area contributed by atoms with Crippen molar-refractivity contribution in [2.24, 2.45) is 0 Å². The van der Waals surface area contributed by atoms with Crippen molar-refractivity contribution in [3.8, 4) is 11.8 Å². The van der Waals surface area contributed by atoms with Crippen molar-refractivity contribution in [1.82, 2.24) is 15.3 Å². The van der Waals surface area contributed by atoms with Gasteiger partial charge in [0.1, 0.15) is 17.5 Å². The molecule has 3 rings (SSSR count). The highest BCUT2D eigenvalue weighted by molar-refractivity contribution is 6.46. The van der Waals surface area contributed by atoms with Crippen LogP contribution < -0.4 is 10.1 Å². The minimum Gasteiger partial charge on any atom is -0.408 e. The Morgan fingerprint density at radius 3 is 2.87 bits per heavy atom. The molecule has 2 aromatic heterocycles. The van der Waals surface area contributed by atoms with Crippen LogP contribution in [0.1, 0.15) is 5.56 Å². The second kappa shape index (κ2) is 5.57. The van der Waals surface area contributed by atoms with E-state index < -0.39 is 11.9 Å². The Morgan fingerprint density at radius 2 is 2.22 bits per heavy atom. The van der Waals surface area contributed by atoms with Crippen LogP contribution in [0.3, 0.4) is 0 Å².